The Labute approximate surface area is 122 Å². The van der Waals surface area contributed by atoms with Gasteiger partial charge in [0.2, 0.25) is 0 Å². The van der Waals surface area contributed by atoms with Crippen molar-refractivity contribution in [2.45, 2.75) is 52.6 Å². The summed E-state index contributed by atoms with van der Waals surface area (Å²) in [6.45, 7) is 6.43. The van der Waals surface area contributed by atoms with Gasteiger partial charge in [0, 0.05) is 18.5 Å². The first-order valence-electron chi connectivity index (χ1n) is 7.89. The molecule has 1 unspecified atom stereocenters. The van der Waals surface area contributed by atoms with E-state index < -0.39 is 0 Å². The molecule has 1 aromatic heterocycles. The van der Waals surface area contributed by atoms with Crippen LogP contribution >= 0.6 is 0 Å². The third-order valence-corrected chi connectivity index (χ3v) is 4.05. The van der Waals surface area contributed by atoms with Gasteiger partial charge in [0.05, 0.1) is 11.2 Å². The normalized spacial score (nSPS) is 12.9. The van der Waals surface area contributed by atoms with Gasteiger partial charge in [-0.3, -0.25) is 4.68 Å². The topological polar surface area (TPSA) is 29.9 Å². The highest BCUT2D eigenvalue weighted by atomic mass is 15.3. The summed E-state index contributed by atoms with van der Waals surface area (Å²) in [5.41, 5.74) is 2.43. The number of hydrogen-bond acceptors (Lipinski definition) is 2. The number of rotatable bonds is 8. The molecule has 2 aromatic rings. The Morgan fingerprint density at radius 3 is 2.75 bits per heavy atom. The average Bonchev–Trinajstić information content (AvgIpc) is 2.82. The molecule has 0 amide bonds. The van der Waals surface area contributed by atoms with Gasteiger partial charge in [-0.1, -0.05) is 51.3 Å². The first kappa shape index (κ1) is 15.0. The molecule has 1 atom stereocenters. The Morgan fingerprint density at radius 2 is 2.05 bits per heavy atom. The van der Waals surface area contributed by atoms with Crippen molar-refractivity contribution in [3.05, 3.63) is 30.0 Å². The molecule has 0 aliphatic heterocycles. The van der Waals surface area contributed by atoms with Gasteiger partial charge in [0.15, 0.2) is 0 Å². The van der Waals surface area contributed by atoms with Crippen molar-refractivity contribution in [3.63, 3.8) is 0 Å². The third-order valence-electron chi connectivity index (χ3n) is 4.05. The lowest BCUT2D eigenvalue weighted by molar-refractivity contribution is 0.377. The molecule has 110 valence electrons. The smallest absolute Gasteiger partial charge is 0.0841 e. The molecule has 3 heteroatoms. The average molecular weight is 273 g/mol. The zero-order valence-electron chi connectivity index (χ0n) is 13.0. The van der Waals surface area contributed by atoms with Gasteiger partial charge >= 0.3 is 0 Å². The van der Waals surface area contributed by atoms with Crippen molar-refractivity contribution in [1.29, 1.82) is 0 Å². The second-order valence-electron chi connectivity index (χ2n) is 5.59. The molecule has 0 aliphatic carbocycles. The number of nitrogens with one attached hydrogen (secondary N) is 1. The second kappa shape index (κ2) is 7.44. The van der Waals surface area contributed by atoms with Crippen LogP contribution in [0.25, 0.3) is 10.9 Å². The van der Waals surface area contributed by atoms with Crippen LogP contribution in [0.5, 0.6) is 0 Å². The summed E-state index contributed by atoms with van der Waals surface area (Å²) in [6, 6.07) is 8.57. The molecule has 0 saturated carbocycles. The Kier molecular flexibility index (Phi) is 5.60. The van der Waals surface area contributed by atoms with E-state index in [1.54, 1.807) is 0 Å². The fraction of sp³-hybridized carbons (Fsp3) is 0.588. The van der Waals surface area contributed by atoms with Gasteiger partial charge < -0.3 is 5.32 Å². The van der Waals surface area contributed by atoms with Crippen LogP contribution in [0, 0.1) is 5.92 Å². The second-order valence-corrected chi connectivity index (χ2v) is 5.59. The fourth-order valence-electron chi connectivity index (χ4n) is 2.80. The first-order chi connectivity index (χ1) is 9.80. The van der Waals surface area contributed by atoms with E-state index in [9.17, 15) is 0 Å². The molecule has 3 nitrogen and oxygen atoms in total. The number of para-hydroxylation sites is 1. The predicted octanol–water partition coefficient (Wildman–Crippen LogP) is 3.97. The van der Waals surface area contributed by atoms with Crippen molar-refractivity contribution in [2.24, 2.45) is 5.92 Å². The van der Waals surface area contributed by atoms with Crippen LogP contribution < -0.4 is 5.32 Å². The van der Waals surface area contributed by atoms with Crippen LogP contribution in [-0.4, -0.2) is 16.8 Å². The van der Waals surface area contributed by atoms with Gasteiger partial charge in [-0.25, -0.2) is 0 Å². The first-order valence-corrected chi connectivity index (χ1v) is 7.89. The molecule has 1 N–H and O–H groups in total. The van der Waals surface area contributed by atoms with Crippen LogP contribution in [-0.2, 0) is 13.1 Å². The van der Waals surface area contributed by atoms with E-state index in [4.69, 9.17) is 5.10 Å². The van der Waals surface area contributed by atoms with E-state index in [0.29, 0.717) is 0 Å². The van der Waals surface area contributed by atoms with Crippen molar-refractivity contribution in [1.82, 2.24) is 15.1 Å². The monoisotopic (exact) mass is 273 g/mol. The summed E-state index contributed by atoms with van der Waals surface area (Å²) in [7, 11) is 1.98. The highest BCUT2D eigenvalue weighted by Crippen LogP contribution is 2.22. The Morgan fingerprint density at radius 1 is 1.25 bits per heavy atom. The van der Waals surface area contributed by atoms with Gasteiger partial charge in [0.25, 0.3) is 0 Å². The number of benzene rings is 1. The summed E-state index contributed by atoms with van der Waals surface area (Å²) >= 11 is 0. The Bertz CT molecular complexity index is 530. The van der Waals surface area contributed by atoms with Gasteiger partial charge in [-0.15, -0.1) is 0 Å². The fourth-order valence-corrected chi connectivity index (χ4v) is 2.80. The molecule has 20 heavy (non-hydrogen) atoms. The molecule has 2 rings (SSSR count). The van der Waals surface area contributed by atoms with Crippen LogP contribution in [0.1, 0.15) is 45.2 Å². The molecule has 0 fully saturated rings. The minimum atomic E-state index is 0.737. The van der Waals surface area contributed by atoms with E-state index in [1.165, 1.54) is 36.6 Å². The zero-order valence-corrected chi connectivity index (χ0v) is 13.0. The highest BCUT2D eigenvalue weighted by molar-refractivity contribution is 5.81. The molecule has 0 bridgehead atoms. The maximum Gasteiger partial charge on any atom is 0.0841 e. The molecule has 1 heterocycles. The maximum absolute atomic E-state index is 4.83. The van der Waals surface area contributed by atoms with E-state index in [0.717, 1.165) is 24.7 Å². The molecule has 0 saturated heterocycles. The lowest BCUT2D eigenvalue weighted by Crippen LogP contribution is -2.12. The van der Waals surface area contributed by atoms with Crippen LogP contribution in [0.2, 0.25) is 0 Å². The van der Waals surface area contributed by atoms with Crippen molar-refractivity contribution in [2.75, 3.05) is 7.05 Å². The maximum atomic E-state index is 4.83. The molecule has 0 radical (unpaired) electrons. The van der Waals surface area contributed by atoms with E-state index in [2.05, 4.69) is 48.1 Å². The number of unbranched alkanes of at least 4 members (excludes halogenated alkanes) is 1. The molecule has 0 spiro atoms. The predicted molar refractivity (Wildman–Crippen MR) is 85.8 cm³/mol. The largest absolute Gasteiger partial charge is 0.314 e. The van der Waals surface area contributed by atoms with Crippen molar-refractivity contribution >= 4 is 10.9 Å². The third kappa shape index (κ3) is 3.40. The van der Waals surface area contributed by atoms with Crippen LogP contribution in [0.3, 0.4) is 0 Å². The summed E-state index contributed by atoms with van der Waals surface area (Å²) < 4.78 is 2.21. The summed E-state index contributed by atoms with van der Waals surface area (Å²) in [5.74, 6) is 0.737. The SMILES string of the molecule is CCCCC(CC)Cn1nc(CNC)c2ccccc21. The number of hydrogen-bond donors (Lipinski definition) is 1. The number of nitrogens with zero attached hydrogens (tertiary/aromatic N) is 2. The van der Waals surface area contributed by atoms with Gasteiger partial charge in [0.1, 0.15) is 0 Å². The molecule has 1 aromatic carbocycles. The zero-order chi connectivity index (χ0) is 14.4. The molecular weight excluding hydrogens is 246 g/mol. The Balaban J connectivity index is 2.24. The highest BCUT2D eigenvalue weighted by Gasteiger charge is 2.13. The lowest BCUT2D eigenvalue weighted by atomic mass is 9.99. The Hall–Kier alpha value is -1.35. The standard InChI is InChI=1S/C17H27N3/c1-4-6-9-14(5-2)13-20-17-11-8-7-10-15(17)16(19-20)12-18-3/h7-8,10-11,14,18H,4-6,9,12-13H2,1-3H3. The minimum absolute atomic E-state index is 0.737. The minimum Gasteiger partial charge on any atom is -0.314 e. The van der Waals surface area contributed by atoms with E-state index in [1.807, 2.05) is 7.05 Å². The van der Waals surface area contributed by atoms with Gasteiger partial charge in [-0.05, 0) is 25.5 Å². The van der Waals surface area contributed by atoms with Crippen molar-refractivity contribution < 1.29 is 0 Å². The van der Waals surface area contributed by atoms with Crippen LogP contribution in [0.15, 0.2) is 24.3 Å². The molecular formula is C17H27N3. The quantitative estimate of drug-likeness (QED) is 0.788. The van der Waals surface area contributed by atoms with Crippen molar-refractivity contribution in [3.8, 4) is 0 Å². The van der Waals surface area contributed by atoms with E-state index >= 15 is 0 Å². The lowest BCUT2D eigenvalue weighted by Gasteiger charge is -2.15. The van der Waals surface area contributed by atoms with Gasteiger partial charge in [-0.2, -0.15) is 5.10 Å². The number of fused-ring (bicyclic) bond motifs is 1. The summed E-state index contributed by atoms with van der Waals surface area (Å²) in [5, 5.41) is 9.33. The summed E-state index contributed by atoms with van der Waals surface area (Å²) in [6.07, 6.45) is 5.14. The summed E-state index contributed by atoms with van der Waals surface area (Å²) in [4.78, 5) is 0. The van der Waals surface area contributed by atoms with Crippen LogP contribution in [0.4, 0.5) is 0 Å². The molecule has 0 aliphatic rings. The number of aromatic nitrogens is 2. The van der Waals surface area contributed by atoms with E-state index in [-0.39, 0.29) is 0 Å².